The molecule has 0 saturated carbocycles. The minimum Gasteiger partial charge on any atom is -0.445 e. The second kappa shape index (κ2) is 3.59. The van der Waals surface area contributed by atoms with E-state index in [2.05, 4.69) is 4.74 Å². The second-order valence-electron chi connectivity index (χ2n) is 3.02. The molecule has 0 radical (unpaired) electrons. The smallest absolute Gasteiger partial charge is 0.445 e. The van der Waals surface area contributed by atoms with E-state index in [-0.39, 0.29) is 0 Å². The van der Waals surface area contributed by atoms with E-state index >= 15 is 0 Å². The summed E-state index contributed by atoms with van der Waals surface area (Å²) in [4.78, 5) is 10.6. The lowest BCUT2D eigenvalue weighted by Gasteiger charge is -2.19. The molecule has 0 aliphatic rings. The van der Waals surface area contributed by atoms with E-state index in [0.717, 1.165) is 0 Å². The van der Waals surface area contributed by atoms with E-state index in [1.165, 1.54) is 0 Å². The molecule has 0 aliphatic carbocycles. The molecule has 0 unspecified atom stereocenters. The van der Waals surface area contributed by atoms with Crippen molar-refractivity contribution in [1.29, 1.82) is 0 Å². The lowest BCUT2D eigenvalue weighted by atomic mass is 10.1. The van der Waals surface area contributed by atoms with Crippen molar-refractivity contribution in [3.05, 3.63) is 0 Å². The molecule has 0 aromatic heterocycles. The molecule has 0 atom stereocenters. The third kappa shape index (κ3) is 7.15. The van der Waals surface area contributed by atoms with Crippen molar-refractivity contribution < 1.29 is 19.6 Å². The minimum absolute atomic E-state index is 0.626. The first-order chi connectivity index (χ1) is 4.81. The molecule has 0 aromatic rings. The van der Waals surface area contributed by atoms with E-state index in [0.29, 0.717) is 0 Å². The number of carbonyl (C=O) groups is 1. The number of carbonyl (C=O) groups excluding carboxylic acids is 1. The van der Waals surface area contributed by atoms with Gasteiger partial charge in [0.1, 0.15) is 5.60 Å². The van der Waals surface area contributed by atoms with Gasteiger partial charge in [0.05, 0.1) is 0 Å². The first kappa shape index (κ1) is 10.3. The maximum Gasteiger partial charge on any atom is 0.590 e. The van der Waals surface area contributed by atoms with Crippen LogP contribution in [0.2, 0.25) is 0 Å². The molecule has 0 heterocycles. The molecule has 64 valence electrons. The number of hydrogen-bond acceptors (Lipinski definition) is 4. The van der Waals surface area contributed by atoms with Gasteiger partial charge in [-0.25, -0.2) is 4.79 Å². The van der Waals surface area contributed by atoms with Crippen LogP contribution in [0.1, 0.15) is 20.8 Å². The normalized spacial score (nSPS) is 10.6. The van der Waals surface area contributed by atoms with Crippen LogP contribution in [0.15, 0.2) is 0 Å². The third-order valence-electron chi connectivity index (χ3n) is 0.646. The molecular formula is C5H12BNO4. The zero-order valence-corrected chi connectivity index (χ0v) is 6.79. The Labute approximate surface area is 65.5 Å². The standard InChI is InChI=1S/C5H12BNO4/c1-5(2,3)11-4(8)7-6(9)10/h9-10H,1-3H3,(H,7,8). The summed E-state index contributed by atoms with van der Waals surface area (Å²) in [6.07, 6.45) is -0.854. The van der Waals surface area contributed by atoms with Crippen molar-refractivity contribution >= 4 is 13.3 Å². The predicted octanol–water partition coefficient (Wildman–Crippen LogP) is -0.519. The van der Waals surface area contributed by atoms with Gasteiger partial charge in [-0.3, -0.25) is 0 Å². The van der Waals surface area contributed by atoms with Gasteiger partial charge in [0, 0.05) is 0 Å². The summed E-state index contributed by atoms with van der Waals surface area (Å²) >= 11 is 0. The summed E-state index contributed by atoms with van der Waals surface area (Å²) in [6, 6.07) is 0. The molecule has 1 amide bonds. The van der Waals surface area contributed by atoms with Crippen LogP contribution in [0.3, 0.4) is 0 Å². The van der Waals surface area contributed by atoms with Crippen LogP contribution in [-0.2, 0) is 4.74 Å². The van der Waals surface area contributed by atoms with Crippen LogP contribution < -0.4 is 5.23 Å². The fraction of sp³-hybridized carbons (Fsp3) is 0.800. The van der Waals surface area contributed by atoms with Crippen molar-refractivity contribution in [3.63, 3.8) is 0 Å². The van der Waals surface area contributed by atoms with Gasteiger partial charge >= 0.3 is 13.3 Å². The van der Waals surface area contributed by atoms with Crippen LogP contribution in [0.4, 0.5) is 4.79 Å². The lowest BCUT2D eigenvalue weighted by molar-refractivity contribution is 0.0551. The van der Waals surface area contributed by atoms with E-state index in [4.69, 9.17) is 10.0 Å². The zero-order chi connectivity index (χ0) is 9.07. The predicted molar refractivity (Wildman–Crippen MR) is 39.6 cm³/mol. The molecule has 0 fully saturated rings. The quantitative estimate of drug-likeness (QED) is 0.452. The highest BCUT2D eigenvalue weighted by Crippen LogP contribution is 2.05. The van der Waals surface area contributed by atoms with Crippen LogP contribution in [0.25, 0.3) is 0 Å². The monoisotopic (exact) mass is 161 g/mol. The average molecular weight is 161 g/mol. The number of amides is 1. The Bertz CT molecular complexity index is 142. The van der Waals surface area contributed by atoms with Gasteiger partial charge in [-0.15, -0.1) is 0 Å². The molecule has 0 bridgehead atoms. The summed E-state index contributed by atoms with van der Waals surface area (Å²) < 4.78 is 4.68. The number of rotatable bonds is 1. The van der Waals surface area contributed by atoms with Crippen molar-refractivity contribution in [2.24, 2.45) is 0 Å². The first-order valence-corrected chi connectivity index (χ1v) is 3.17. The molecule has 3 N–H and O–H groups in total. The Morgan fingerprint density at radius 1 is 1.45 bits per heavy atom. The first-order valence-electron chi connectivity index (χ1n) is 3.17. The van der Waals surface area contributed by atoms with Crippen LogP contribution in [0.5, 0.6) is 0 Å². The zero-order valence-electron chi connectivity index (χ0n) is 6.79. The fourth-order valence-corrected chi connectivity index (χ4v) is 0.413. The van der Waals surface area contributed by atoms with Crippen molar-refractivity contribution in [3.8, 4) is 0 Å². The maximum absolute atomic E-state index is 10.6. The Morgan fingerprint density at radius 2 is 1.91 bits per heavy atom. The molecule has 0 saturated heterocycles. The molecule has 0 aromatic carbocycles. The Morgan fingerprint density at radius 3 is 2.18 bits per heavy atom. The van der Waals surface area contributed by atoms with Gasteiger partial charge in [0.15, 0.2) is 0 Å². The molecule has 0 aliphatic heterocycles. The van der Waals surface area contributed by atoms with Crippen molar-refractivity contribution in [2.45, 2.75) is 26.4 Å². The van der Waals surface area contributed by atoms with Gasteiger partial charge in [-0.05, 0) is 20.8 Å². The van der Waals surface area contributed by atoms with Gasteiger partial charge < -0.3 is 20.0 Å². The average Bonchev–Trinajstić information content (AvgIpc) is 1.53. The summed E-state index contributed by atoms with van der Waals surface area (Å²) in [6.45, 7) is 5.03. The van der Waals surface area contributed by atoms with Gasteiger partial charge in [-0.2, -0.15) is 0 Å². The van der Waals surface area contributed by atoms with Gasteiger partial charge in [0.25, 0.3) is 0 Å². The molecule has 6 heteroatoms. The largest absolute Gasteiger partial charge is 0.590 e. The van der Waals surface area contributed by atoms with Crippen LogP contribution in [0, 0.1) is 0 Å². The summed E-state index contributed by atoms with van der Waals surface area (Å²) in [5.74, 6) is 0. The molecule has 11 heavy (non-hydrogen) atoms. The molecule has 5 nitrogen and oxygen atoms in total. The van der Waals surface area contributed by atoms with Gasteiger partial charge in [-0.1, -0.05) is 0 Å². The summed E-state index contributed by atoms with van der Waals surface area (Å²) in [5.41, 5.74) is -0.626. The highest BCUT2D eigenvalue weighted by molar-refractivity contribution is 6.41. The molecule has 0 rings (SSSR count). The van der Waals surface area contributed by atoms with E-state index in [9.17, 15) is 4.79 Å². The highest BCUT2D eigenvalue weighted by atomic mass is 16.6. The minimum atomic E-state index is -1.87. The Hall–Kier alpha value is -0.745. The van der Waals surface area contributed by atoms with Crippen molar-refractivity contribution in [1.82, 2.24) is 5.23 Å². The third-order valence-corrected chi connectivity index (χ3v) is 0.646. The number of ether oxygens (including phenoxy) is 1. The lowest BCUT2D eigenvalue weighted by Crippen LogP contribution is -2.42. The highest BCUT2D eigenvalue weighted by Gasteiger charge is 2.19. The van der Waals surface area contributed by atoms with E-state index in [1.54, 1.807) is 26.0 Å². The van der Waals surface area contributed by atoms with E-state index in [1.807, 2.05) is 0 Å². The second-order valence-corrected chi connectivity index (χ2v) is 3.02. The van der Waals surface area contributed by atoms with E-state index < -0.39 is 18.9 Å². The molecular weight excluding hydrogens is 149 g/mol. The maximum atomic E-state index is 10.6. The molecule has 0 spiro atoms. The Balaban J connectivity index is 3.71. The topological polar surface area (TPSA) is 78.8 Å². The Kier molecular flexibility index (Phi) is 3.35. The van der Waals surface area contributed by atoms with Gasteiger partial charge in [0.2, 0.25) is 0 Å². The summed E-state index contributed by atoms with van der Waals surface area (Å²) in [7, 11) is -1.87. The number of hydrogen-bond donors (Lipinski definition) is 3. The summed E-state index contributed by atoms with van der Waals surface area (Å²) in [5, 5.41) is 18.3. The SMILES string of the molecule is CC(C)(C)OC(=O)NB(O)O. The van der Waals surface area contributed by atoms with Crippen LogP contribution in [-0.4, -0.2) is 29.0 Å². The fourth-order valence-electron chi connectivity index (χ4n) is 0.413. The number of nitrogens with one attached hydrogen (secondary N) is 1. The van der Waals surface area contributed by atoms with Crippen molar-refractivity contribution in [2.75, 3.05) is 0 Å². The van der Waals surface area contributed by atoms with Crippen LogP contribution >= 0.6 is 0 Å².